The van der Waals surface area contributed by atoms with E-state index in [-0.39, 0.29) is 5.91 Å². The Hall–Kier alpha value is -2.89. The lowest BCUT2D eigenvalue weighted by atomic mass is 10.1. The van der Waals surface area contributed by atoms with Crippen LogP contribution < -0.4 is 10.1 Å². The average molecular weight is 296 g/mol. The fourth-order valence-electron chi connectivity index (χ4n) is 2.30. The van der Waals surface area contributed by atoms with Gasteiger partial charge in [0.25, 0.3) is 5.91 Å². The topological polar surface area (TPSA) is 79.9 Å². The van der Waals surface area contributed by atoms with E-state index in [0.717, 1.165) is 16.8 Å². The molecule has 0 saturated carbocycles. The van der Waals surface area contributed by atoms with Crippen LogP contribution >= 0.6 is 0 Å². The van der Waals surface area contributed by atoms with Gasteiger partial charge in [-0.25, -0.2) is 0 Å². The average Bonchev–Trinajstić information content (AvgIpc) is 3.02. The first-order valence-corrected chi connectivity index (χ1v) is 6.98. The molecule has 0 aliphatic carbocycles. The molecule has 0 bridgehead atoms. The van der Waals surface area contributed by atoms with Crippen molar-refractivity contribution in [3.63, 3.8) is 0 Å². The Balaban J connectivity index is 1.62. The highest BCUT2D eigenvalue weighted by atomic mass is 16.5. The maximum Gasteiger partial charge on any atom is 0.251 e. The number of nitrogens with zero attached hydrogens (tertiary/aromatic N) is 2. The van der Waals surface area contributed by atoms with E-state index in [1.807, 2.05) is 24.3 Å². The van der Waals surface area contributed by atoms with Gasteiger partial charge < -0.3 is 10.1 Å². The number of amides is 1. The summed E-state index contributed by atoms with van der Waals surface area (Å²) >= 11 is 0. The zero-order chi connectivity index (χ0) is 15.4. The molecule has 1 amide bonds. The summed E-state index contributed by atoms with van der Waals surface area (Å²) in [6, 6.07) is 13.0. The van der Waals surface area contributed by atoms with Crippen molar-refractivity contribution < 1.29 is 9.53 Å². The molecule has 0 spiro atoms. The number of ether oxygens (including phenoxy) is 1. The number of hydrogen-bond donors (Lipinski definition) is 2. The van der Waals surface area contributed by atoms with Crippen LogP contribution in [0.2, 0.25) is 0 Å². The summed E-state index contributed by atoms with van der Waals surface area (Å²) in [5, 5.41) is 13.4. The predicted molar refractivity (Wildman–Crippen MR) is 82.9 cm³/mol. The Morgan fingerprint density at radius 3 is 2.86 bits per heavy atom. The van der Waals surface area contributed by atoms with E-state index in [1.54, 1.807) is 25.3 Å². The number of H-pyrrole nitrogens is 1. The zero-order valence-corrected chi connectivity index (χ0v) is 12.2. The first-order chi connectivity index (χ1) is 10.8. The number of hydrogen-bond acceptors (Lipinski definition) is 4. The molecule has 0 atom stereocenters. The van der Waals surface area contributed by atoms with Crippen molar-refractivity contribution >= 4 is 16.9 Å². The molecule has 1 aromatic heterocycles. The van der Waals surface area contributed by atoms with Gasteiger partial charge in [0.1, 0.15) is 16.8 Å². The fourth-order valence-corrected chi connectivity index (χ4v) is 2.30. The zero-order valence-electron chi connectivity index (χ0n) is 12.2. The third-order valence-corrected chi connectivity index (χ3v) is 3.45. The van der Waals surface area contributed by atoms with Crippen LogP contribution in [-0.4, -0.2) is 35.0 Å². The molecule has 22 heavy (non-hydrogen) atoms. The second kappa shape index (κ2) is 6.26. The normalized spacial score (nSPS) is 10.6. The second-order valence-corrected chi connectivity index (χ2v) is 4.84. The van der Waals surface area contributed by atoms with Crippen molar-refractivity contribution in [3.05, 3.63) is 53.6 Å². The molecule has 0 saturated heterocycles. The molecule has 112 valence electrons. The number of nitrogens with one attached hydrogen (secondary N) is 2. The maximum atomic E-state index is 12.2. The van der Waals surface area contributed by atoms with Crippen LogP contribution in [0.5, 0.6) is 5.75 Å². The molecule has 2 aromatic carbocycles. The van der Waals surface area contributed by atoms with Gasteiger partial charge in [0.05, 0.1) is 7.11 Å². The largest absolute Gasteiger partial charge is 0.496 e. The van der Waals surface area contributed by atoms with Crippen LogP contribution in [0.25, 0.3) is 11.0 Å². The predicted octanol–water partition coefficient (Wildman–Crippen LogP) is 1.94. The molecule has 0 fully saturated rings. The Kier molecular flexibility index (Phi) is 4.00. The molecule has 1 heterocycles. The van der Waals surface area contributed by atoms with Crippen LogP contribution in [0.4, 0.5) is 0 Å². The molecule has 3 rings (SSSR count). The van der Waals surface area contributed by atoms with Crippen molar-refractivity contribution in [2.45, 2.75) is 6.42 Å². The van der Waals surface area contributed by atoms with Gasteiger partial charge in [-0.15, -0.1) is 0 Å². The van der Waals surface area contributed by atoms with Crippen molar-refractivity contribution in [2.24, 2.45) is 0 Å². The Morgan fingerprint density at radius 1 is 1.18 bits per heavy atom. The van der Waals surface area contributed by atoms with Gasteiger partial charge in [0.2, 0.25) is 0 Å². The van der Waals surface area contributed by atoms with E-state index in [4.69, 9.17) is 4.74 Å². The summed E-state index contributed by atoms with van der Waals surface area (Å²) in [5.74, 6) is 0.709. The van der Waals surface area contributed by atoms with Gasteiger partial charge in [-0.3, -0.25) is 4.79 Å². The standard InChI is InChI=1S/C16H16N4O2/c1-22-15-5-3-2-4-11(15)8-9-17-16(21)12-6-7-13-14(10-12)19-20-18-13/h2-7,10H,8-9H2,1H3,(H,17,21)(H,18,19,20). The SMILES string of the molecule is COc1ccccc1CCNC(=O)c1ccc2n[nH]nc2c1. The van der Waals surface area contributed by atoms with Crippen molar-refractivity contribution in [3.8, 4) is 5.75 Å². The molecule has 6 heteroatoms. The van der Waals surface area contributed by atoms with Gasteiger partial charge in [-0.2, -0.15) is 15.4 Å². The Bertz CT molecular complexity index is 797. The van der Waals surface area contributed by atoms with E-state index < -0.39 is 0 Å². The lowest BCUT2D eigenvalue weighted by Gasteiger charge is -2.09. The Morgan fingerprint density at radius 2 is 2.00 bits per heavy atom. The van der Waals surface area contributed by atoms with Gasteiger partial charge in [0.15, 0.2) is 0 Å². The highest BCUT2D eigenvalue weighted by Gasteiger charge is 2.08. The van der Waals surface area contributed by atoms with Crippen molar-refractivity contribution in [1.29, 1.82) is 0 Å². The number of fused-ring (bicyclic) bond motifs is 1. The van der Waals surface area contributed by atoms with Crippen molar-refractivity contribution in [2.75, 3.05) is 13.7 Å². The van der Waals surface area contributed by atoms with E-state index in [2.05, 4.69) is 20.7 Å². The Labute approximate surface area is 127 Å². The first kappa shape index (κ1) is 14.1. The summed E-state index contributed by atoms with van der Waals surface area (Å²) in [7, 11) is 1.64. The summed E-state index contributed by atoms with van der Waals surface area (Å²) in [6.07, 6.45) is 0.710. The minimum absolute atomic E-state index is 0.125. The van der Waals surface area contributed by atoms with E-state index >= 15 is 0 Å². The van der Waals surface area contributed by atoms with Crippen LogP contribution in [0.15, 0.2) is 42.5 Å². The number of carbonyl (C=O) groups excluding carboxylic acids is 1. The van der Waals surface area contributed by atoms with Gasteiger partial charge >= 0.3 is 0 Å². The molecular formula is C16H16N4O2. The molecule has 0 aliphatic rings. The van der Waals surface area contributed by atoms with Crippen LogP contribution in [0.1, 0.15) is 15.9 Å². The van der Waals surface area contributed by atoms with E-state index in [0.29, 0.717) is 24.0 Å². The van der Waals surface area contributed by atoms with E-state index in [1.165, 1.54) is 0 Å². The minimum Gasteiger partial charge on any atom is -0.496 e. The minimum atomic E-state index is -0.125. The van der Waals surface area contributed by atoms with Gasteiger partial charge in [0, 0.05) is 12.1 Å². The lowest BCUT2D eigenvalue weighted by molar-refractivity contribution is 0.0954. The summed E-state index contributed by atoms with van der Waals surface area (Å²) < 4.78 is 5.30. The first-order valence-electron chi connectivity index (χ1n) is 6.98. The van der Waals surface area contributed by atoms with E-state index in [9.17, 15) is 4.79 Å². The van der Waals surface area contributed by atoms with Gasteiger partial charge in [-0.1, -0.05) is 18.2 Å². The summed E-state index contributed by atoms with van der Waals surface area (Å²) in [6.45, 7) is 0.538. The third-order valence-electron chi connectivity index (χ3n) is 3.45. The quantitative estimate of drug-likeness (QED) is 0.754. The van der Waals surface area contributed by atoms with Crippen LogP contribution in [-0.2, 0) is 6.42 Å². The van der Waals surface area contributed by atoms with Crippen LogP contribution in [0.3, 0.4) is 0 Å². The summed E-state index contributed by atoms with van der Waals surface area (Å²) in [5.41, 5.74) is 3.06. The molecule has 0 radical (unpaired) electrons. The molecule has 0 aliphatic heterocycles. The number of benzene rings is 2. The molecule has 0 unspecified atom stereocenters. The highest BCUT2D eigenvalue weighted by molar-refractivity contribution is 5.97. The number of methoxy groups -OCH3 is 1. The maximum absolute atomic E-state index is 12.2. The molecule has 3 aromatic rings. The smallest absolute Gasteiger partial charge is 0.251 e. The van der Waals surface area contributed by atoms with Crippen molar-refractivity contribution in [1.82, 2.24) is 20.7 Å². The number of aromatic amines is 1. The lowest BCUT2D eigenvalue weighted by Crippen LogP contribution is -2.25. The van der Waals surface area contributed by atoms with Gasteiger partial charge in [-0.05, 0) is 36.2 Å². The number of aromatic nitrogens is 3. The molecule has 2 N–H and O–H groups in total. The second-order valence-electron chi connectivity index (χ2n) is 4.84. The number of para-hydroxylation sites is 1. The third kappa shape index (κ3) is 2.90. The molecular weight excluding hydrogens is 280 g/mol. The number of rotatable bonds is 5. The monoisotopic (exact) mass is 296 g/mol. The molecule has 6 nitrogen and oxygen atoms in total. The van der Waals surface area contributed by atoms with Crippen LogP contribution in [0, 0.1) is 0 Å². The number of carbonyl (C=O) groups is 1. The summed E-state index contributed by atoms with van der Waals surface area (Å²) in [4.78, 5) is 12.2. The highest BCUT2D eigenvalue weighted by Crippen LogP contribution is 2.17. The fraction of sp³-hybridized carbons (Fsp3) is 0.188.